The molecule has 0 spiro atoms. The minimum atomic E-state index is -0.966. The number of para-hydroxylation sites is 1. The summed E-state index contributed by atoms with van der Waals surface area (Å²) in [6, 6.07) is 22.6. The standard InChI is InChI=1S/C33H28ClN3O5S2/c1-2-3-8-17-41-23-15-13-20(14-16-23)28-27(29(38)26-18-21-9-5-7-12-25(21)42-26)30(39)31(40)37(28)32-35-36-33(44-32)43-19-22-10-4-6-11-24(22)34/h4-7,9-16,18,28,39H,2-3,8,17,19H2,1H3/t28-/m1/s1. The van der Waals surface area contributed by atoms with Gasteiger partial charge in [-0.25, -0.2) is 0 Å². The molecule has 0 saturated heterocycles. The number of hydrogen-bond donors (Lipinski definition) is 1. The molecule has 5 aromatic rings. The monoisotopic (exact) mass is 645 g/mol. The molecule has 3 aromatic carbocycles. The van der Waals surface area contributed by atoms with Gasteiger partial charge in [0.2, 0.25) is 10.9 Å². The lowest BCUT2D eigenvalue weighted by atomic mass is 9.95. The Kier molecular flexibility index (Phi) is 9.02. The van der Waals surface area contributed by atoms with Crippen LogP contribution >= 0.6 is 34.7 Å². The number of fused-ring (bicyclic) bond motifs is 1. The Labute approximate surface area is 267 Å². The van der Waals surface area contributed by atoms with Gasteiger partial charge in [-0.05, 0) is 47.9 Å². The summed E-state index contributed by atoms with van der Waals surface area (Å²) in [6.07, 6.45) is 3.12. The summed E-state index contributed by atoms with van der Waals surface area (Å²) in [6.45, 7) is 2.73. The summed E-state index contributed by atoms with van der Waals surface area (Å²) in [4.78, 5) is 28.9. The van der Waals surface area contributed by atoms with Crippen LogP contribution in [0.3, 0.4) is 0 Å². The fourth-order valence-electron chi connectivity index (χ4n) is 4.98. The molecule has 3 heterocycles. The highest BCUT2D eigenvalue weighted by atomic mass is 35.5. The summed E-state index contributed by atoms with van der Waals surface area (Å²) < 4.78 is 12.3. The van der Waals surface area contributed by atoms with Gasteiger partial charge in [0.15, 0.2) is 15.9 Å². The normalized spacial score (nSPS) is 15.0. The van der Waals surface area contributed by atoms with Gasteiger partial charge in [0.25, 0.3) is 5.91 Å². The van der Waals surface area contributed by atoms with E-state index in [9.17, 15) is 14.7 Å². The molecule has 0 fully saturated rings. The van der Waals surface area contributed by atoms with Crippen molar-refractivity contribution in [1.82, 2.24) is 10.2 Å². The number of anilines is 1. The second-order valence-corrected chi connectivity index (χ2v) is 12.8. The van der Waals surface area contributed by atoms with E-state index >= 15 is 0 Å². The van der Waals surface area contributed by atoms with E-state index in [2.05, 4.69) is 17.1 Å². The van der Waals surface area contributed by atoms with Crippen molar-refractivity contribution in [2.24, 2.45) is 0 Å². The van der Waals surface area contributed by atoms with Crippen LogP contribution in [0.5, 0.6) is 5.75 Å². The number of halogens is 1. The number of unbranched alkanes of at least 4 members (excludes halogenated alkanes) is 2. The molecular weight excluding hydrogens is 618 g/mol. The molecule has 1 amide bonds. The molecule has 1 N–H and O–H groups in total. The number of aliphatic hydroxyl groups is 1. The molecule has 1 atom stereocenters. The first-order valence-electron chi connectivity index (χ1n) is 14.2. The van der Waals surface area contributed by atoms with Gasteiger partial charge in [-0.1, -0.05) is 103 Å². The summed E-state index contributed by atoms with van der Waals surface area (Å²) in [5.74, 6) is -0.721. The van der Waals surface area contributed by atoms with E-state index in [1.165, 1.54) is 28.0 Å². The van der Waals surface area contributed by atoms with E-state index in [0.29, 0.717) is 38.6 Å². The van der Waals surface area contributed by atoms with Crippen LogP contribution in [-0.4, -0.2) is 33.6 Å². The molecule has 44 heavy (non-hydrogen) atoms. The number of thioether (sulfide) groups is 1. The number of aromatic nitrogens is 2. The summed E-state index contributed by atoms with van der Waals surface area (Å²) in [7, 11) is 0. The van der Waals surface area contributed by atoms with Crippen molar-refractivity contribution in [3.63, 3.8) is 0 Å². The zero-order valence-corrected chi connectivity index (χ0v) is 26.1. The summed E-state index contributed by atoms with van der Waals surface area (Å²) >= 11 is 8.95. The van der Waals surface area contributed by atoms with Crippen LogP contribution in [-0.2, 0) is 10.5 Å². The first-order valence-corrected chi connectivity index (χ1v) is 16.3. The first kappa shape index (κ1) is 29.9. The topological polar surface area (TPSA) is 106 Å². The molecule has 8 nitrogen and oxygen atoms in total. The number of nitrogens with zero attached hydrogens (tertiary/aromatic N) is 3. The van der Waals surface area contributed by atoms with Crippen molar-refractivity contribution < 1.29 is 23.8 Å². The lowest BCUT2D eigenvalue weighted by Crippen LogP contribution is -2.31. The van der Waals surface area contributed by atoms with Crippen LogP contribution in [0.1, 0.15) is 53.9 Å². The van der Waals surface area contributed by atoms with Gasteiger partial charge in [-0.15, -0.1) is 10.2 Å². The molecular formula is C33H28ClN3O5S2. The maximum absolute atomic E-state index is 13.9. The number of Topliss-reactive ketones (excluding diaryl/α,β-unsaturated/α-hetero) is 1. The maximum Gasteiger partial charge on any atom is 0.296 e. The zero-order valence-electron chi connectivity index (χ0n) is 23.7. The summed E-state index contributed by atoms with van der Waals surface area (Å²) in [5.41, 5.74) is 1.98. The van der Waals surface area contributed by atoms with Gasteiger partial charge in [-0.2, -0.15) is 0 Å². The molecule has 224 valence electrons. The molecule has 0 radical (unpaired) electrons. The third kappa shape index (κ3) is 6.10. The van der Waals surface area contributed by atoms with Gasteiger partial charge in [0.05, 0.1) is 18.2 Å². The second-order valence-electron chi connectivity index (χ2n) is 10.2. The van der Waals surface area contributed by atoms with Crippen LogP contribution in [0.25, 0.3) is 11.0 Å². The molecule has 0 unspecified atom stereocenters. The number of carbonyl (C=O) groups excluding carboxylic acids is 2. The second kappa shape index (κ2) is 13.3. The van der Waals surface area contributed by atoms with Crippen LogP contribution in [0.4, 0.5) is 5.13 Å². The smallest absolute Gasteiger partial charge is 0.296 e. The zero-order chi connectivity index (χ0) is 30.6. The minimum Gasteiger partial charge on any atom is -0.503 e. The third-order valence-electron chi connectivity index (χ3n) is 7.23. The fourth-order valence-corrected chi connectivity index (χ4v) is 7.13. The number of rotatable bonds is 12. The quantitative estimate of drug-likeness (QED) is 0.0622. The van der Waals surface area contributed by atoms with Crippen molar-refractivity contribution in [3.05, 3.63) is 112 Å². The van der Waals surface area contributed by atoms with E-state index in [4.69, 9.17) is 20.8 Å². The van der Waals surface area contributed by atoms with E-state index in [1.54, 1.807) is 36.4 Å². The molecule has 0 bridgehead atoms. The van der Waals surface area contributed by atoms with Crippen molar-refractivity contribution in [2.75, 3.05) is 11.5 Å². The Morgan fingerprint density at radius 2 is 1.84 bits per heavy atom. The minimum absolute atomic E-state index is 0.0246. The Hall–Kier alpha value is -4.12. The summed E-state index contributed by atoms with van der Waals surface area (Å²) in [5, 5.41) is 21.4. The average molecular weight is 646 g/mol. The van der Waals surface area contributed by atoms with Crippen LogP contribution in [0.15, 0.2) is 99.0 Å². The van der Waals surface area contributed by atoms with E-state index in [0.717, 1.165) is 30.2 Å². The number of ether oxygens (including phenoxy) is 1. The Bertz CT molecular complexity index is 1820. The van der Waals surface area contributed by atoms with Crippen molar-refractivity contribution in [3.8, 4) is 5.75 Å². The lowest BCUT2D eigenvalue weighted by Gasteiger charge is -2.24. The highest BCUT2D eigenvalue weighted by molar-refractivity contribution is 8.00. The van der Waals surface area contributed by atoms with E-state index in [1.807, 2.05) is 42.5 Å². The van der Waals surface area contributed by atoms with Gasteiger partial charge in [0, 0.05) is 16.2 Å². The van der Waals surface area contributed by atoms with Gasteiger partial charge < -0.3 is 14.3 Å². The molecule has 6 rings (SSSR count). The van der Waals surface area contributed by atoms with E-state index < -0.39 is 23.5 Å². The lowest BCUT2D eigenvalue weighted by molar-refractivity contribution is -0.117. The van der Waals surface area contributed by atoms with Gasteiger partial charge in [-0.3, -0.25) is 14.5 Å². The third-order valence-corrected chi connectivity index (χ3v) is 9.70. The molecule has 0 aliphatic carbocycles. The van der Waals surface area contributed by atoms with Gasteiger partial charge >= 0.3 is 0 Å². The number of hydrogen-bond acceptors (Lipinski definition) is 9. The maximum atomic E-state index is 13.9. The van der Waals surface area contributed by atoms with Crippen LogP contribution in [0, 0.1) is 0 Å². The predicted molar refractivity (Wildman–Crippen MR) is 173 cm³/mol. The Balaban J connectivity index is 1.33. The number of aliphatic hydroxyl groups excluding tert-OH is 1. The highest BCUT2D eigenvalue weighted by Gasteiger charge is 2.46. The Morgan fingerprint density at radius 1 is 1.07 bits per heavy atom. The number of ketones is 1. The highest BCUT2D eigenvalue weighted by Crippen LogP contribution is 2.44. The van der Waals surface area contributed by atoms with Crippen LogP contribution in [0.2, 0.25) is 5.02 Å². The van der Waals surface area contributed by atoms with Crippen LogP contribution < -0.4 is 9.64 Å². The molecule has 1 aliphatic heterocycles. The molecule has 11 heteroatoms. The van der Waals surface area contributed by atoms with Crippen molar-refractivity contribution >= 4 is 62.5 Å². The predicted octanol–water partition coefficient (Wildman–Crippen LogP) is 8.58. The largest absolute Gasteiger partial charge is 0.503 e. The van der Waals surface area contributed by atoms with E-state index in [-0.39, 0.29) is 16.5 Å². The molecule has 2 aromatic heterocycles. The van der Waals surface area contributed by atoms with Crippen molar-refractivity contribution in [1.29, 1.82) is 0 Å². The van der Waals surface area contributed by atoms with Gasteiger partial charge in [0.1, 0.15) is 11.3 Å². The average Bonchev–Trinajstić information content (AvgIpc) is 3.75. The van der Waals surface area contributed by atoms with Crippen molar-refractivity contribution in [2.45, 2.75) is 42.3 Å². The number of benzene rings is 3. The Morgan fingerprint density at radius 3 is 2.61 bits per heavy atom. The number of carbonyl (C=O) groups is 2. The SMILES string of the molecule is CCCCCOc1ccc([C@@H]2C(C(=O)c3cc4ccccc4o3)=C(O)C(=O)N2c2nnc(SCc3ccccc3Cl)s2)cc1. The molecule has 0 saturated carbocycles. The first-order chi connectivity index (χ1) is 21.4. The fraction of sp³-hybridized carbons (Fsp3) is 0.212. The number of amides is 1. The number of furan rings is 1. The molecule has 1 aliphatic rings.